The maximum atomic E-state index is 14.8. The summed E-state index contributed by atoms with van der Waals surface area (Å²) in [6.07, 6.45) is 4.62. The highest BCUT2D eigenvalue weighted by molar-refractivity contribution is 5.94. The van der Waals surface area contributed by atoms with E-state index in [0.29, 0.717) is 32.6 Å². The first kappa shape index (κ1) is 20.8. The highest BCUT2D eigenvalue weighted by atomic mass is 19.3. The van der Waals surface area contributed by atoms with Gasteiger partial charge in [0.05, 0.1) is 19.4 Å². The topological polar surface area (TPSA) is 85.2 Å². The van der Waals surface area contributed by atoms with Crippen molar-refractivity contribution in [1.29, 1.82) is 0 Å². The second-order valence-corrected chi connectivity index (χ2v) is 8.44. The fourth-order valence-corrected chi connectivity index (χ4v) is 4.14. The zero-order valence-corrected chi connectivity index (χ0v) is 17.2. The van der Waals surface area contributed by atoms with Gasteiger partial charge in [-0.15, -0.1) is 0 Å². The number of fused-ring (bicyclic) bond motifs is 1. The fraction of sp³-hybridized carbons (Fsp3) is 0.600. The first-order valence-electron chi connectivity index (χ1n) is 10.2. The predicted molar refractivity (Wildman–Crippen MR) is 105 cm³/mol. The average Bonchev–Trinajstić information content (AvgIpc) is 3.10. The SMILES string of the molecule is CC(C)(CN1CCOCC1)NC(=O)c1nn(-c2cnccn2)c2c1CCCC2(F)F. The molecule has 0 saturated carbocycles. The van der Waals surface area contributed by atoms with Gasteiger partial charge in [-0.1, -0.05) is 0 Å². The second-order valence-electron chi connectivity index (χ2n) is 8.44. The maximum Gasteiger partial charge on any atom is 0.290 e. The van der Waals surface area contributed by atoms with E-state index >= 15 is 0 Å². The molecule has 3 heterocycles. The number of amides is 1. The Hall–Kier alpha value is -2.46. The van der Waals surface area contributed by atoms with Gasteiger partial charge >= 0.3 is 0 Å². The molecule has 2 aromatic rings. The smallest absolute Gasteiger partial charge is 0.290 e. The largest absolute Gasteiger partial charge is 0.379 e. The number of hydrogen-bond acceptors (Lipinski definition) is 6. The second kappa shape index (κ2) is 7.99. The zero-order valence-electron chi connectivity index (χ0n) is 17.2. The van der Waals surface area contributed by atoms with Gasteiger partial charge in [-0.2, -0.15) is 13.9 Å². The Labute approximate surface area is 173 Å². The Kier molecular flexibility index (Phi) is 5.54. The molecule has 1 aliphatic heterocycles. The van der Waals surface area contributed by atoms with E-state index in [1.807, 2.05) is 13.8 Å². The van der Waals surface area contributed by atoms with E-state index in [0.717, 1.165) is 17.8 Å². The molecule has 1 aliphatic carbocycles. The lowest BCUT2D eigenvalue weighted by molar-refractivity contribution is -0.0283. The van der Waals surface area contributed by atoms with Crippen molar-refractivity contribution in [2.75, 3.05) is 32.8 Å². The van der Waals surface area contributed by atoms with Crippen LogP contribution in [0.4, 0.5) is 8.78 Å². The third kappa shape index (κ3) is 4.20. The van der Waals surface area contributed by atoms with Gasteiger partial charge in [0.25, 0.3) is 11.8 Å². The summed E-state index contributed by atoms with van der Waals surface area (Å²) < 4.78 is 36.1. The number of carbonyl (C=O) groups is 1. The number of carbonyl (C=O) groups excluding carboxylic acids is 1. The quantitative estimate of drug-likeness (QED) is 0.796. The lowest BCUT2D eigenvalue weighted by atomic mass is 9.92. The molecule has 1 saturated heterocycles. The highest BCUT2D eigenvalue weighted by Gasteiger charge is 2.44. The molecule has 162 valence electrons. The molecule has 2 aliphatic rings. The van der Waals surface area contributed by atoms with Gasteiger partial charge in [0.1, 0.15) is 5.69 Å². The van der Waals surface area contributed by atoms with Gasteiger partial charge in [0, 0.05) is 49.6 Å². The number of halogens is 2. The molecule has 0 atom stereocenters. The van der Waals surface area contributed by atoms with Crippen LogP contribution in [0.15, 0.2) is 18.6 Å². The van der Waals surface area contributed by atoms with E-state index in [9.17, 15) is 13.6 Å². The van der Waals surface area contributed by atoms with Crippen LogP contribution in [0.3, 0.4) is 0 Å². The van der Waals surface area contributed by atoms with Crippen molar-refractivity contribution in [2.45, 2.75) is 44.6 Å². The van der Waals surface area contributed by atoms with Crippen molar-refractivity contribution in [3.05, 3.63) is 35.5 Å². The van der Waals surface area contributed by atoms with Crippen LogP contribution >= 0.6 is 0 Å². The number of rotatable bonds is 5. The molecule has 2 aromatic heterocycles. The lowest BCUT2D eigenvalue weighted by Gasteiger charge is -2.35. The average molecular weight is 420 g/mol. The van der Waals surface area contributed by atoms with Crippen LogP contribution in [-0.2, 0) is 17.1 Å². The number of morpholine rings is 1. The van der Waals surface area contributed by atoms with Gasteiger partial charge in [0.15, 0.2) is 11.5 Å². The Morgan fingerprint density at radius 2 is 2.07 bits per heavy atom. The van der Waals surface area contributed by atoms with E-state index in [4.69, 9.17) is 4.74 Å². The molecule has 0 unspecified atom stereocenters. The predicted octanol–water partition coefficient (Wildman–Crippen LogP) is 1.93. The van der Waals surface area contributed by atoms with Gasteiger partial charge in [-0.25, -0.2) is 9.67 Å². The van der Waals surface area contributed by atoms with Crippen LogP contribution < -0.4 is 5.32 Å². The summed E-state index contributed by atoms with van der Waals surface area (Å²) in [7, 11) is 0. The third-order valence-electron chi connectivity index (χ3n) is 5.40. The van der Waals surface area contributed by atoms with Crippen LogP contribution in [0.2, 0.25) is 0 Å². The molecule has 4 rings (SSSR count). The van der Waals surface area contributed by atoms with E-state index < -0.39 is 17.4 Å². The van der Waals surface area contributed by atoms with E-state index in [1.54, 1.807) is 0 Å². The van der Waals surface area contributed by atoms with Crippen LogP contribution in [0.5, 0.6) is 0 Å². The minimum Gasteiger partial charge on any atom is -0.379 e. The first-order chi connectivity index (χ1) is 14.3. The first-order valence-corrected chi connectivity index (χ1v) is 10.2. The molecular weight excluding hydrogens is 394 g/mol. The van der Waals surface area contributed by atoms with Crippen molar-refractivity contribution in [1.82, 2.24) is 30.0 Å². The highest BCUT2D eigenvalue weighted by Crippen LogP contribution is 2.42. The summed E-state index contributed by atoms with van der Waals surface area (Å²) in [4.78, 5) is 23.4. The van der Waals surface area contributed by atoms with Crippen LogP contribution in [-0.4, -0.2) is 68.9 Å². The molecule has 1 N–H and O–H groups in total. The minimum atomic E-state index is -3.08. The summed E-state index contributed by atoms with van der Waals surface area (Å²) in [6, 6.07) is 0. The molecule has 30 heavy (non-hydrogen) atoms. The fourth-order valence-electron chi connectivity index (χ4n) is 4.14. The van der Waals surface area contributed by atoms with E-state index in [2.05, 4.69) is 25.3 Å². The van der Waals surface area contributed by atoms with Gasteiger partial charge in [-0.3, -0.25) is 14.7 Å². The Balaban J connectivity index is 1.64. The summed E-state index contributed by atoms with van der Waals surface area (Å²) >= 11 is 0. The number of hydrogen-bond donors (Lipinski definition) is 1. The number of nitrogens with zero attached hydrogens (tertiary/aromatic N) is 5. The number of nitrogens with one attached hydrogen (secondary N) is 1. The molecule has 0 bridgehead atoms. The van der Waals surface area contributed by atoms with Gasteiger partial charge < -0.3 is 10.1 Å². The Morgan fingerprint density at radius 3 is 2.77 bits per heavy atom. The van der Waals surface area contributed by atoms with Crippen LogP contribution in [0.1, 0.15) is 48.4 Å². The molecule has 0 aromatic carbocycles. The van der Waals surface area contributed by atoms with E-state index in [-0.39, 0.29) is 29.2 Å². The number of aromatic nitrogens is 4. The van der Waals surface area contributed by atoms with Crippen molar-refractivity contribution in [2.24, 2.45) is 0 Å². The van der Waals surface area contributed by atoms with Gasteiger partial charge in [-0.05, 0) is 26.7 Å². The number of alkyl halides is 2. The lowest BCUT2D eigenvalue weighted by Crippen LogP contribution is -2.53. The standard InChI is InChI=1S/C20H26F2N6O2/c1-19(2,13-27-8-10-30-11-9-27)25-18(29)16-14-4-3-5-20(21,22)17(14)28(26-16)15-12-23-6-7-24-15/h6-7,12H,3-5,8-11,13H2,1-2H3,(H,25,29). The van der Waals surface area contributed by atoms with Gasteiger partial charge in [0.2, 0.25) is 0 Å². The minimum absolute atomic E-state index is 0.0325. The Morgan fingerprint density at radius 1 is 1.30 bits per heavy atom. The van der Waals surface area contributed by atoms with Crippen LogP contribution in [0, 0.1) is 0 Å². The summed E-state index contributed by atoms with van der Waals surface area (Å²) in [5.74, 6) is -3.37. The van der Waals surface area contributed by atoms with Crippen molar-refractivity contribution in [3.63, 3.8) is 0 Å². The number of ether oxygens (including phenoxy) is 1. The molecule has 0 radical (unpaired) electrons. The van der Waals surface area contributed by atoms with E-state index in [1.165, 1.54) is 18.6 Å². The van der Waals surface area contributed by atoms with Crippen LogP contribution in [0.25, 0.3) is 5.82 Å². The van der Waals surface area contributed by atoms with Crippen molar-refractivity contribution in [3.8, 4) is 5.82 Å². The molecule has 1 amide bonds. The summed E-state index contributed by atoms with van der Waals surface area (Å²) in [6.45, 7) is 7.38. The Bertz CT molecular complexity index is 910. The molecule has 10 heteroatoms. The summed E-state index contributed by atoms with van der Waals surface area (Å²) in [5, 5.41) is 7.26. The van der Waals surface area contributed by atoms with Crippen molar-refractivity contribution < 1.29 is 18.3 Å². The monoisotopic (exact) mass is 420 g/mol. The molecule has 0 spiro atoms. The third-order valence-corrected chi connectivity index (χ3v) is 5.40. The van der Waals surface area contributed by atoms with Crippen molar-refractivity contribution >= 4 is 5.91 Å². The summed E-state index contributed by atoms with van der Waals surface area (Å²) in [5.41, 5.74) is -0.499. The normalized spacial score (nSPS) is 19.3. The molecule has 8 nitrogen and oxygen atoms in total. The zero-order chi connectivity index (χ0) is 21.4. The maximum absolute atomic E-state index is 14.8. The molecular formula is C20H26F2N6O2. The molecule has 1 fully saturated rings.